The molecule has 3 nitrogen and oxygen atoms in total. The maximum absolute atomic E-state index is 11.1. The first kappa shape index (κ1) is 9.06. The second kappa shape index (κ2) is 3.70. The Morgan fingerprint density at radius 3 is 3.07 bits per heavy atom. The van der Waals surface area contributed by atoms with E-state index in [4.69, 9.17) is 4.42 Å². The lowest BCUT2D eigenvalue weighted by Crippen LogP contribution is -2.50. The smallest absolute Gasteiger partial charge is 0.245 e. The van der Waals surface area contributed by atoms with E-state index in [9.17, 15) is 4.79 Å². The van der Waals surface area contributed by atoms with Crippen LogP contribution in [0.1, 0.15) is 5.56 Å². The number of carbonyl (C=O) groups is 1. The molecule has 0 aromatic carbocycles. The largest absolute Gasteiger partial charge is 0.472 e. The Hall–Kier alpha value is -1.51. The summed E-state index contributed by atoms with van der Waals surface area (Å²) in [5.41, 5.74) is 1.21. The molecule has 1 saturated heterocycles. The first-order valence-electron chi connectivity index (χ1n) is 4.72. The van der Waals surface area contributed by atoms with Crippen LogP contribution in [0.3, 0.4) is 0 Å². The van der Waals surface area contributed by atoms with Crippen LogP contribution in [0.5, 0.6) is 0 Å². The van der Waals surface area contributed by atoms with Crippen LogP contribution in [0.15, 0.2) is 35.7 Å². The molecule has 74 valence electrons. The summed E-state index contributed by atoms with van der Waals surface area (Å²) in [4.78, 5) is 12.9. The van der Waals surface area contributed by atoms with E-state index < -0.39 is 0 Å². The average Bonchev–Trinajstić information content (AvgIpc) is 2.61. The molecule has 1 aliphatic rings. The Bertz CT molecular complexity index is 323. The van der Waals surface area contributed by atoms with Gasteiger partial charge in [-0.2, -0.15) is 0 Å². The summed E-state index contributed by atoms with van der Waals surface area (Å²) in [6, 6.07) is 1.97. The minimum Gasteiger partial charge on any atom is -0.472 e. The first-order valence-corrected chi connectivity index (χ1v) is 4.72. The number of nitrogens with zero attached hydrogens (tertiary/aromatic N) is 1. The van der Waals surface area contributed by atoms with E-state index in [0.717, 1.165) is 19.5 Å². The number of hydrogen-bond donors (Lipinski definition) is 0. The molecule has 0 bridgehead atoms. The summed E-state index contributed by atoms with van der Waals surface area (Å²) >= 11 is 0. The Balaban J connectivity index is 1.78. The van der Waals surface area contributed by atoms with Crippen molar-refractivity contribution in [3.8, 4) is 0 Å². The van der Waals surface area contributed by atoms with Gasteiger partial charge in [-0.05, 0) is 30.0 Å². The number of furan rings is 1. The maximum Gasteiger partial charge on any atom is 0.245 e. The first-order chi connectivity index (χ1) is 6.79. The molecule has 0 atom stereocenters. The van der Waals surface area contributed by atoms with E-state index >= 15 is 0 Å². The highest BCUT2D eigenvalue weighted by Gasteiger charge is 2.29. The Kier molecular flexibility index (Phi) is 2.39. The minimum absolute atomic E-state index is 0.0356. The second-order valence-corrected chi connectivity index (χ2v) is 3.65. The van der Waals surface area contributed by atoms with Gasteiger partial charge in [0.2, 0.25) is 5.91 Å². The van der Waals surface area contributed by atoms with Crippen LogP contribution in [-0.2, 0) is 11.2 Å². The molecule has 2 heterocycles. The lowest BCUT2D eigenvalue weighted by atomic mass is 9.93. The van der Waals surface area contributed by atoms with Gasteiger partial charge < -0.3 is 9.32 Å². The van der Waals surface area contributed by atoms with Crippen molar-refractivity contribution < 1.29 is 9.21 Å². The predicted molar refractivity (Wildman–Crippen MR) is 52.7 cm³/mol. The lowest BCUT2D eigenvalue weighted by Gasteiger charge is -2.38. The predicted octanol–water partition coefficient (Wildman–Crippen LogP) is 1.47. The van der Waals surface area contributed by atoms with E-state index in [2.05, 4.69) is 6.58 Å². The van der Waals surface area contributed by atoms with Crippen molar-refractivity contribution in [2.75, 3.05) is 13.1 Å². The normalized spacial score (nSPS) is 16.4. The topological polar surface area (TPSA) is 33.5 Å². The number of likely N-dealkylation sites (tertiary alicyclic amines) is 1. The molecular formula is C11H13NO2. The van der Waals surface area contributed by atoms with Gasteiger partial charge >= 0.3 is 0 Å². The third-order valence-electron chi connectivity index (χ3n) is 2.55. The molecule has 0 spiro atoms. The van der Waals surface area contributed by atoms with Gasteiger partial charge in [0.05, 0.1) is 12.5 Å². The summed E-state index contributed by atoms with van der Waals surface area (Å²) in [6.45, 7) is 5.14. The highest BCUT2D eigenvalue weighted by Crippen LogP contribution is 2.20. The molecule has 0 N–H and O–H groups in total. The second-order valence-electron chi connectivity index (χ2n) is 3.65. The summed E-state index contributed by atoms with van der Waals surface area (Å²) in [5.74, 6) is 0.616. The summed E-state index contributed by atoms with van der Waals surface area (Å²) in [5, 5.41) is 0. The molecule has 1 amide bonds. The summed E-state index contributed by atoms with van der Waals surface area (Å²) < 4.78 is 4.98. The van der Waals surface area contributed by atoms with Gasteiger partial charge in [-0.3, -0.25) is 4.79 Å². The van der Waals surface area contributed by atoms with Crippen LogP contribution in [0, 0.1) is 5.92 Å². The van der Waals surface area contributed by atoms with Gasteiger partial charge in [-0.15, -0.1) is 0 Å². The van der Waals surface area contributed by atoms with Crippen molar-refractivity contribution in [2.24, 2.45) is 5.92 Å². The highest BCUT2D eigenvalue weighted by atomic mass is 16.3. The van der Waals surface area contributed by atoms with Crippen LogP contribution < -0.4 is 0 Å². The molecule has 14 heavy (non-hydrogen) atoms. The molecule has 0 radical (unpaired) electrons. The number of hydrogen-bond acceptors (Lipinski definition) is 2. The third-order valence-corrected chi connectivity index (χ3v) is 2.55. The standard InChI is InChI=1S/C11H13NO2/c1-2-11(13)12-6-10(7-12)5-9-3-4-14-8-9/h2-4,8,10H,1,5-7H2. The molecule has 1 aromatic heterocycles. The fraction of sp³-hybridized carbons (Fsp3) is 0.364. The number of rotatable bonds is 3. The van der Waals surface area contributed by atoms with Crippen LogP contribution in [-0.4, -0.2) is 23.9 Å². The van der Waals surface area contributed by atoms with Crippen molar-refractivity contribution in [1.82, 2.24) is 4.90 Å². The van der Waals surface area contributed by atoms with E-state index in [1.54, 1.807) is 17.4 Å². The molecule has 1 aromatic rings. The highest BCUT2D eigenvalue weighted by molar-refractivity contribution is 5.87. The monoisotopic (exact) mass is 191 g/mol. The summed E-state index contributed by atoms with van der Waals surface area (Å²) in [7, 11) is 0. The zero-order valence-electron chi connectivity index (χ0n) is 7.98. The van der Waals surface area contributed by atoms with Crippen molar-refractivity contribution >= 4 is 5.91 Å². The summed E-state index contributed by atoms with van der Waals surface area (Å²) in [6.07, 6.45) is 5.81. The van der Waals surface area contributed by atoms with E-state index in [1.165, 1.54) is 11.6 Å². The van der Waals surface area contributed by atoms with Gasteiger partial charge in [-0.1, -0.05) is 6.58 Å². The van der Waals surface area contributed by atoms with Crippen LogP contribution in [0.2, 0.25) is 0 Å². The minimum atomic E-state index is 0.0356. The van der Waals surface area contributed by atoms with E-state index in [0.29, 0.717) is 5.92 Å². The molecule has 0 unspecified atom stereocenters. The van der Waals surface area contributed by atoms with E-state index in [1.807, 2.05) is 6.07 Å². The zero-order chi connectivity index (χ0) is 9.97. The molecular weight excluding hydrogens is 178 g/mol. The molecule has 2 rings (SSSR count). The SMILES string of the molecule is C=CC(=O)N1CC(Cc2ccoc2)C1. The molecule has 0 aliphatic carbocycles. The van der Waals surface area contributed by atoms with Gasteiger partial charge in [0.15, 0.2) is 0 Å². The van der Waals surface area contributed by atoms with Crippen LogP contribution >= 0.6 is 0 Å². The van der Waals surface area contributed by atoms with Crippen LogP contribution in [0.4, 0.5) is 0 Å². The molecule has 1 fully saturated rings. The average molecular weight is 191 g/mol. The van der Waals surface area contributed by atoms with Crippen molar-refractivity contribution in [1.29, 1.82) is 0 Å². The number of amides is 1. The fourth-order valence-electron chi connectivity index (χ4n) is 1.75. The third kappa shape index (κ3) is 1.71. The molecule has 3 heteroatoms. The van der Waals surface area contributed by atoms with Gasteiger partial charge in [0.1, 0.15) is 0 Å². The Morgan fingerprint density at radius 1 is 1.71 bits per heavy atom. The van der Waals surface area contributed by atoms with Crippen LogP contribution in [0.25, 0.3) is 0 Å². The van der Waals surface area contributed by atoms with Gasteiger partial charge in [0.25, 0.3) is 0 Å². The van der Waals surface area contributed by atoms with Gasteiger partial charge in [-0.25, -0.2) is 0 Å². The molecule has 0 saturated carbocycles. The number of carbonyl (C=O) groups excluding carboxylic acids is 1. The Labute approximate surface area is 83.0 Å². The quantitative estimate of drug-likeness (QED) is 0.678. The van der Waals surface area contributed by atoms with Crippen molar-refractivity contribution in [3.63, 3.8) is 0 Å². The Morgan fingerprint density at radius 2 is 2.50 bits per heavy atom. The van der Waals surface area contributed by atoms with Gasteiger partial charge in [0, 0.05) is 13.1 Å². The van der Waals surface area contributed by atoms with Crippen molar-refractivity contribution in [3.05, 3.63) is 36.8 Å². The maximum atomic E-state index is 11.1. The van der Waals surface area contributed by atoms with E-state index in [-0.39, 0.29) is 5.91 Å². The fourth-order valence-corrected chi connectivity index (χ4v) is 1.75. The lowest BCUT2D eigenvalue weighted by molar-refractivity contribution is -0.132. The van der Waals surface area contributed by atoms with Crippen molar-refractivity contribution in [2.45, 2.75) is 6.42 Å². The zero-order valence-corrected chi connectivity index (χ0v) is 7.98. The molecule has 1 aliphatic heterocycles.